The quantitative estimate of drug-likeness (QED) is 0.679. The molecular formula is C15H18N4O. The van der Waals surface area contributed by atoms with Gasteiger partial charge in [0.15, 0.2) is 0 Å². The van der Waals surface area contributed by atoms with Crippen LogP contribution in [-0.2, 0) is 0 Å². The fraction of sp³-hybridized carbons (Fsp3) is 0.200. The molecule has 0 unspecified atom stereocenters. The van der Waals surface area contributed by atoms with E-state index in [9.17, 15) is 0 Å². The lowest BCUT2D eigenvalue weighted by Crippen LogP contribution is -2.08. The van der Waals surface area contributed by atoms with Gasteiger partial charge in [-0.3, -0.25) is 0 Å². The summed E-state index contributed by atoms with van der Waals surface area (Å²) >= 11 is 0. The molecule has 0 saturated carbocycles. The van der Waals surface area contributed by atoms with Crippen LogP contribution in [0.15, 0.2) is 52.7 Å². The molecule has 0 bridgehead atoms. The number of anilines is 2. The van der Waals surface area contributed by atoms with Crippen LogP contribution in [0.2, 0.25) is 0 Å². The van der Waals surface area contributed by atoms with Gasteiger partial charge in [-0.15, -0.1) is 5.11 Å². The predicted octanol–water partition coefficient (Wildman–Crippen LogP) is 3.76. The lowest BCUT2D eigenvalue weighted by Gasteiger charge is -2.14. The zero-order valence-corrected chi connectivity index (χ0v) is 11.9. The van der Waals surface area contributed by atoms with Gasteiger partial charge in [0.25, 0.3) is 0 Å². The monoisotopic (exact) mass is 270 g/mol. The number of hydrogen-bond donors (Lipinski definition) is 1. The first-order valence-corrected chi connectivity index (χ1v) is 6.23. The van der Waals surface area contributed by atoms with Crippen molar-refractivity contribution in [1.29, 1.82) is 0 Å². The summed E-state index contributed by atoms with van der Waals surface area (Å²) in [6, 6.07) is 13.0. The Morgan fingerprint density at radius 3 is 2.30 bits per heavy atom. The molecule has 5 nitrogen and oxygen atoms in total. The molecular weight excluding hydrogens is 252 g/mol. The van der Waals surface area contributed by atoms with E-state index in [-0.39, 0.29) is 0 Å². The van der Waals surface area contributed by atoms with Crippen molar-refractivity contribution in [2.75, 3.05) is 31.8 Å². The maximum Gasteiger partial charge on any atom is 0.148 e. The number of rotatable bonds is 4. The lowest BCUT2D eigenvalue weighted by molar-refractivity contribution is 0.416. The van der Waals surface area contributed by atoms with E-state index in [1.165, 1.54) is 0 Å². The zero-order chi connectivity index (χ0) is 14.5. The second-order valence-electron chi connectivity index (χ2n) is 4.54. The Hall–Kier alpha value is -2.56. The fourth-order valence-corrected chi connectivity index (χ4v) is 1.68. The summed E-state index contributed by atoms with van der Waals surface area (Å²) in [7, 11) is 5.58. The normalized spacial score (nSPS) is 10.8. The Balaban J connectivity index is 2.26. The predicted molar refractivity (Wildman–Crippen MR) is 82.4 cm³/mol. The van der Waals surface area contributed by atoms with Gasteiger partial charge in [0.1, 0.15) is 11.4 Å². The van der Waals surface area contributed by atoms with Gasteiger partial charge in [-0.2, -0.15) is 5.11 Å². The van der Waals surface area contributed by atoms with Gasteiger partial charge in [-0.1, -0.05) is 0 Å². The van der Waals surface area contributed by atoms with Gasteiger partial charge < -0.3 is 15.4 Å². The molecule has 0 radical (unpaired) electrons. The Morgan fingerprint density at radius 1 is 1.00 bits per heavy atom. The summed E-state index contributed by atoms with van der Waals surface area (Å²) in [6.45, 7) is 0. The Bertz CT molecular complexity index is 606. The van der Waals surface area contributed by atoms with Crippen molar-refractivity contribution in [3.8, 4) is 5.75 Å². The number of benzene rings is 2. The van der Waals surface area contributed by atoms with E-state index in [2.05, 4.69) is 10.2 Å². The second-order valence-corrected chi connectivity index (χ2v) is 4.54. The van der Waals surface area contributed by atoms with Crippen LogP contribution in [0.5, 0.6) is 5.75 Å². The van der Waals surface area contributed by atoms with Crippen LogP contribution < -0.4 is 15.4 Å². The molecule has 0 fully saturated rings. The molecule has 5 heteroatoms. The molecule has 20 heavy (non-hydrogen) atoms. The smallest absolute Gasteiger partial charge is 0.148 e. The third-order valence-corrected chi connectivity index (χ3v) is 2.85. The third-order valence-electron chi connectivity index (χ3n) is 2.85. The molecule has 0 aromatic heterocycles. The van der Waals surface area contributed by atoms with Crippen molar-refractivity contribution in [3.63, 3.8) is 0 Å². The summed E-state index contributed by atoms with van der Waals surface area (Å²) in [6.07, 6.45) is 0. The maximum absolute atomic E-state index is 5.63. The number of methoxy groups -OCH3 is 1. The molecule has 0 heterocycles. The lowest BCUT2D eigenvalue weighted by atomic mass is 10.2. The summed E-state index contributed by atoms with van der Waals surface area (Å²) in [5.74, 6) is 0.690. The first-order valence-electron chi connectivity index (χ1n) is 6.23. The summed E-state index contributed by atoms with van der Waals surface area (Å²) in [5.41, 5.74) is 8.82. The average Bonchev–Trinajstić information content (AvgIpc) is 2.46. The highest BCUT2D eigenvalue weighted by molar-refractivity contribution is 5.61. The highest BCUT2D eigenvalue weighted by Crippen LogP contribution is 2.32. The van der Waals surface area contributed by atoms with Crippen molar-refractivity contribution < 1.29 is 4.74 Å². The SMILES string of the molecule is COc1cc(N(C)C)ccc1N=Nc1ccc(N)cc1. The van der Waals surface area contributed by atoms with E-state index in [1.807, 2.05) is 49.3 Å². The highest BCUT2D eigenvalue weighted by Gasteiger charge is 2.05. The van der Waals surface area contributed by atoms with E-state index < -0.39 is 0 Å². The average molecular weight is 270 g/mol. The molecule has 0 spiro atoms. The van der Waals surface area contributed by atoms with E-state index in [0.29, 0.717) is 17.1 Å². The van der Waals surface area contributed by atoms with Crippen LogP contribution >= 0.6 is 0 Å². The number of nitrogens with zero attached hydrogens (tertiary/aromatic N) is 3. The first-order chi connectivity index (χ1) is 9.60. The molecule has 0 atom stereocenters. The fourth-order valence-electron chi connectivity index (χ4n) is 1.68. The van der Waals surface area contributed by atoms with E-state index in [1.54, 1.807) is 19.2 Å². The minimum absolute atomic E-state index is 0.690. The van der Waals surface area contributed by atoms with Gasteiger partial charge in [-0.25, -0.2) is 0 Å². The Labute approximate surface area is 118 Å². The molecule has 0 aliphatic rings. The number of nitrogen functional groups attached to an aromatic ring is 1. The van der Waals surface area contributed by atoms with Gasteiger partial charge in [0, 0.05) is 31.5 Å². The van der Waals surface area contributed by atoms with Gasteiger partial charge >= 0.3 is 0 Å². The first kappa shape index (κ1) is 13.9. The molecule has 0 aliphatic heterocycles. The number of nitrogens with two attached hydrogens (primary N) is 1. The largest absolute Gasteiger partial charge is 0.494 e. The molecule has 2 aromatic carbocycles. The second kappa shape index (κ2) is 6.06. The van der Waals surface area contributed by atoms with Gasteiger partial charge in [-0.05, 0) is 36.4 Å². The molecule has 104 valence electrons. The summed E-state index contributed by atoms with van der Waals surface area (Å²) in [5, 5.41) is 8.39. The van der Waals surface area contributed by atoms with Crippen LogP contribution in [0.4, 0.5) is 22.7 Å². The molecule has 0 amide bonds. The minimum Gasteiger partial charge on any atom is -0.494 e. The molecule has 0 aliphatic carbocycles. The van der Waals surface area contributed by atoms with Crippen LogP contribution in [0.3, 0.4) is 0 Å². The van der Waals surface area contributed by atoms with Crippen molar-refractivity contribution >= 4 is 22.7 Å². The molecule has 2 N–H and O–H groups in total. The molecule has 2 rings (SSSR count). The van der Waals surface area contributed by atoms with Crippen molar-refractivity contribution in [3.05, 3.63) is 42.5 Å². The zero-order valence-electron chi connectivity index (χ0n) is 11.9. The standard InChI is InChI=1S/C15H18N4O/c1-19(2)13-8-9-14(15(10-13)20-3)18-17-12-6-4-11(16)5-7-12/h4-10H,16H2,1-3H3. The van der Waals surface area contributed by atoms with Gasteiger partial charge in [0.05, 0.1) is 12.8 Å². The van der Waals surface area contributed by atoms with Crippen molar-refractivity contribution in [1.82, 2.24) is 0 Å². The maximum atomic E-state index is 5.63. The van der Waals surface area contributed by atoms with Crippen LogP contribution in [0.1, 0.15) is 0 Å². The summed E-state index contributed by atoms with van der Waals surface area (Å²) in [4.78, 5) is 2.00. The van der Waals surface area contributed by atoms with E-state index in [4.69, 9.17) is 10.5 Å². The summed E-state index contributed by atoms with van der Waals surface area (Å²) < 4.78 is 5.34. The third kappa shape index (κ3) is 3.26. The Morgan fingerprint density at radius 2 is 1.70 bits per heavy atom. The Kier molecular flexibility index (Phi) is 4.20. The van der Waals surface area contributed by atoms with Crippen LogP contribution in [0, 0.1) is 0 Å². The number of ether oxygens (including phenoxy) is 1. The van der Waals surface area contributed by atoms with E-state index in [0.717, 1.165) is 11.4 Å². The molecule has 0 saturated heterocycles. The van der Waals surface area contributed by atoms with Crippen LogP contribution in [0.25, 0.3) is 0 Å². The number of azo groups is 1. The number of hydrogen-bond acceptors (Lipinski definition) is 5. The van der Waals surface area contributed by atoms with Crippen molar-refractivity contribution in [2.45, 2.75) is 0 Å². The van der Waals surface area contributed by atoms with Gasteiger partial charge in [0.2, 0.25) is 0 Å². The highest BCUT2D eigenvalue weighted by atomic mass is 16.5. The van der Waals surface area contributed by atoms with Crippen LogP contribution in [-0.4, -0.2) is 21.2 Å². The minimum atomic E-state index is 0.690. The topological polar surface area (TPSA) is 63.2 Å². The molecule has 2 aromatic rings. The van der Waals surface area contributed by atoms with E-state index >= 15 is 0 Å². The van der Waals surface area contributed by atoms with Crippen molar-refractivity contribution in [2.24, 2.45) is 10.2 Å².